The van der Waals surface area contributed by atoms with E-state index in [1.54, 1.807) is 0 Å². The summed E-state index contributed by atoms with van der Waals surface area (Å²) in [5.41, 5.74) is 5.79. The Morgan fingerprint density at radius 3 is 2.63 bits per heavy atom. The fourth-order valence-corrected chi connectivity index (χ4v) is 2.56. The molecular weight excluding hydrogens is 264 g/mol. The van der Waals surface area contributed by atoms with Gasteiger partial charge in [0.05, 0.1) is 18.5 Å². The predicted molar refractivity (Wildman–Crippen MR) is 74.9 cm³/mol. The van der Waals surface area contributed by atoms with E-state index in [9.17, 15) is 9.59 Å². The quantitative estimate of drug-likeness (QED) is 0.711. The van der Waals surface area contributed by atoms with Crippen LogP contribution in [0.25, 0.3) is 0 Å². The molecular formula is C13H20N2O3S. The van der Waals surface area contributed by atoms with Gasteiger partial charge < -0.3 is 16.2 Å². The normalized spacial score (nSPS) is 14.1. The first-order valence-corrected chi connectivity index (χ1v) is 7.09. The summed E-state index contributed by atoms with van der Waals surface area (Å²) < 4.78 is 0. The van der Waals surface area contributed by atoms with Crippen LogP contribution in [-0.4, -0.2) is 23.0 Å². The molecule has 1 amide bonds. The number of hydrogen-bond acceptors (Lipinski definition) is 4. The fourth-order valence-electron chi connectivity index (χ4n) is 1.78. The zero-order chi connectivity index (χ0) is 14.4. The lowest BCUT2D eigenvalue weighted by Crippen LogP contribution is -2.43. The zero-order valence-electron chi connectivity index (χ0n) is 11.1. The van der Waals surface area contributed by atoms with E-state index < -0.39 is 18.1 Å². The van der Waals surface area contributed by atoms with Crippen LogP contribution in [0, 0.1) is 5.92 Å². The molecule has 5 nitrogen and oxygen atoms in total. The molecule has 1 aromatic heterocycles. The summed E-state index contributed by atoms with van der Waals surface area (Å²) in [7, 11) is 0. The van der Waals surface area contributed by atoms with Crippen molar-refractivity contribution in [1.82, 2.24) is 5.32 Å². The topological polar surface area (TPSA) is 92.4 Å². The molecule has 1 heterocycles. The van der Waals surface area contributed by atoms with Crippen molar-refractivity contribution in [2.24, 2.45) is 11.7 Å². The number of carbonyl (C=O) groups excluding carboxylic acids is 1. The molecule has 0 aliphatic rings. The molecule has 2 unspecified atom stereocenters. The van der Waals surface area contributed by atoms with E-state index >= 15 is 0 Å². The highest BCUT2D eigenvalue weighted by atomic mass is 32.1. The van der Waals surface area contributed by atoms with E-state index in [1.165, 1.54) is 11.3 Å². The summed E-state index contributed by atoms with van der Waals surface area (Å²) in [6, 6.07) is 2.53. The third-order valence-electron chi connectivity index (χ3n) is 2.64. The Hall–Kier alpha value is -1.40. The number of hydrogen-bond donors (Lipinski definition) is 3. The van der Waals surface area contributed by atoms with Crippen molar-refractivity contribution in [2.45, 2.75) is 38.8 Å². The van der Waals surface area contributed by atoms with Crippen molar-refractivity contribution in [3.63, 3.8) is 0 Å². The predicted octanol–water partition coefficient (Wildman–Crippen LogP) is 1.75. The SMILES string of the molecule is CC(C)CC(N)C(=O)NC(CC(=O)O)c1cccs1. The van der Waals surface area contributed by atoms with Crippen LogP contribution in [0.2, 0.25) is 0 Å². The average molecular weight is 284 g/mol. The maximum Gasteiger partial charge on any atom is 0.305 e. The monoisotopic (exact) mass is 284 g/mol. The summed E-state index contributed by atoms with van der Waals surface area (Å²) in [5, 5.41) is 13.5. The van der Waals surface area contributed by atoms with E-state index in [-0.39, 0.29) is 12.3 Å². The number of aliphatic carboxylic acids is 1. The average Bonchev–Trinajstić information content (AvgIpc) is 2.79. The Kier molecular flexibility index (Phi) is 5.98. The standard InChI is InChI=1S/C13H20N2O3S/c1-8(2)6-9(14)13(18)15-10(7-12(16)17)11-4-3-5-19-11/h3-5,8-10H,6-7,14H2,1-2H3,(H,15,18)(H,16,17). The Labute approximate surface area is 116 Å². The van der Waals surface area contributed by atoms with Gasteiger partial charge in [0.1, 0.15) is 0 Å². The van der Waals surface area contributed by atoms with Crippen LogP contribution >= 0.6 is 11.3 Å². The third kappa shape index (κ3) is 5.40. The van der Waals surface area contributed by atoms with Crippen molar-refractivity contribution in [3.8, 4) is 0 Å². The second kappa shape index (κ2) is 7.25. The Bertz CT molecular complexity index is 418. The summed E-state index contributed by atoms with van der Waals surface area (Å²) >= 11 is 1.42. The van der Waals surface area contributed by atoms with Crippen molar-refractivity contribution < 1.29 is 14.7 Å². The second-order valence-electron chi connectivity index (χ2n) is 4.91. The number of amides is 1. The first kappa shape index (κ1) is 15.7. The summed E-state index contributed by atoms with van der Waals surface area (Å²) in [5.74, 6) is -0.926. The Morgan fingerprint density at radius 2 is 2.16 bits per heavy atom. The first-order valence-electron chi connectivity index (χ1n) is 6.21. The minimum absolute atomic E-state index is 0.138. The molecule has 0 saturated carbocycles. The molecule has 2 atom stereocenters. The molecule has 0 saturated heterocycles. The molecule has 19 heavy (non-hydrogen) atoms. The highest BCUT2D eigenvalue weighted by molar-refractivity contribution is 7.10. The van der Waals surface area contributed by atoms with Gasteiger partial charge in [-0.1, -0.05) is 19.9 Å². The van der Waals surface area contributed by atoms with E-state index in [2.05, 4.69) is 5.32 Å². The van der Waals surface area contributed by atoms with Gasteiger partial charge in [-0.3, -0.25) is 9.59 Å². The lowest BCUT2D eigenvalue weighted by molar-refractivity contribution is -0.137. The van der Waals surface area contributed by atoms with Crippen LogP contribution in [-0.2, 0) is 9.59 Å². The first-order chi connectivity index (χ1) is 8.90. The number of carboxylic acids is 1. The molecule has 0 aliphatic heterocycles. The van der Waals surface area contributed by atoms with Gasteiger partial charge in [-0.15, -0.1) is 11.3 Å². The molecule has 0 spiro atoms. The Balaban J connectivity index is 2.67. The minimum atomic E-state index is -0.948. The molecule has 0 aliphatic carbocycles. The molecule has 1 aromatic rings. The van der Waals surface area contributed by atoms with Crippen LogP contribution < -0.4 is 11.1 Å². The van der Waals surface area contributed by atoms with Crippen LogP contribution in [0.5, 0.6) is 0 Å². The largest absolute Gasteiger partial charge is 0.481 e. The van der Waals surface area contributed by atoms with Crippen molar-refractivity contribution >= 4 is 23.2 Å². The van der Waals surface area contributed by atoms with Gasteiger partial charge in [0.2, 0.25) is 5.91 Å². The van der Waals surface area contributed by atoms with Gasteiger partial charge in [0.25, 0.3) is 0 Å². The lowest BCUT2D eigenvalue weighted by Gasteiger charge is -2.19. The Morgan fingerprint density at radius 1 is 1.47 bits per heavy atom. The van der Waals surface area contributed by atoms with E-state index in [4.69, 9.17) is 10.8 Å². The molecule has 106 valence electrons. The number of rotatable bonds is 7. The molecule has 1 rings (SSSR count). The van der Waals surface area contributed by atoms with Crippen molar-refractivity contribution in [3.05, 3.63) is 22.4 Å². The van der Waals surface area contributed by atoms with E-state index in [1.807, 2.05) is 31.4 Å². The summed E-state index contributed by atoms with van der Waals surface area (Å²) in [6.07, 6.45) is 0.441. The highest BCUT2D eigenvalue weighted by Crippen LogP contribution is 2.22. The highest BCUT2D eigenvalue weighted by Gasteiger charge is 2.22. The maximum absolute atomic E-state index is 11.9. The minimum Gasteiger partial charge on any atom is -0.481 e. The molecule has 0 fully saturated rings. The smallest absolute Gasteiger partial charge is 0.305 e. The number of thiophene rings is 1. The number of nitrogens with one attached hydrogen (secondary N) is 1. The summed E-state index contributed by atoms with van der Waals surface area (Å²) in [4.78, 5) is 23.6. The van der Waals surface area contributed by atoms with Gasteiger partial charge in [0, 0.05) is 4.88 Å². The van der Waals surface area contributed by atoms with Crippen LogP contribution in [0.15, 0.2) is 17.5 Å². The molecule has 0 bridgehead atoms. The van der Waals surface area contributed by atoms with Gasteiger partial charge in [-0.25, -0.2) is 0 Å². The fraction of sp³-hybridized carbons (Fsp3) is 0.538. The van der Waals surface area contributed by atoms with Gasteiger partial charge in [-0.2, -0.15) is 0 Å². The van der Waals surface area contributed by atoms with Crippen molar-refractivity contribution in [1.29, 1.82) is 0 Å². The molecule has 0 radical (unpaired) electrons. The second-order valence-corrected chi connectivity index (χ2v) is 5.89. The zero-order valence-corrected chi connectivity index (χ0v) is 11.9. The summed E-state index contributed by atoms with van der Waals surface area (Å²) in [6.45, 7) is 3.97. The van der Waals surface area contributed by atoms with E-state index in [0.717, 1.165) is 4.88 Å². The molecule has 6 heteroatoms. The lowest BCUT2D eigenvalue weighted by atomic mass is 10.0. The number of carbonyl (C=O) groups is 2. The van der Waals surface area contributed by atoms with Crippen molar-refractivity contribution in [2.75, 3.05) is 0 Å². The van der Waals surface area contributed by atoms with Gasteiger partial charge in [0.15, 0.2) is 0 Å². The van der Waals surface area contributed by atoms with Gasteiger partial charge >= 0.3 is 5.97 Å². The maximum atomic E-state index is 11.9. The van der Waals surface area contributed by atoms with Crippen LogP contribution in [0.4, 0.5) is 0 Å². The van der Waals surface area contributed by atoms with E-state index in [0.29, 0.717) is 12.3 Å². The van der Waals surface area contributed by atoms with Crippen LogP contribution in [0.1, 0.15) is 37.6 Å². The van der Waals surface area contributed by atoms with Crippen LogP contribution in [0.3, 0.4) is 0 Å². The third-order valence-corrected chi connectivity index (χ3v) is 3.63. The molecule has 4 N–H and O–H groups in total. The molecule has 0 aromatic carbocycles. The van der Waals surface area contributed by atoms with Gasteiger partial charge in [-0.05, 0) is 23.8 Å². The number of nitrogens with two attached hydrogens (primary N) is 1. The number of carboxylic acid groups (broad SMARTS) is 1.